The summed E-state index contributed by atoms with van der Waals surface area (Å²) in [5.74, 6) is 0.504. The van der Waals surface area contributed by atoms with E-state index in [1.54, 1.807) is 0 Å². The van der Waals surface area contributed by atoms with Crippen molar-refractivity contribution in [1.82, 2.24) is 0 Å². The summed E-state index contributed by atoms with van der Waals surface area (Å²) in [6, 6.07) is 5.96. The number of rotatable bonds is 14. The van der Waals surface area contributed by atoms with E-state index >= 15 is 0 Å². The number of esters is 1. The number of aliphatic carboxylic acids is 1. The monoisotopic (exact) mass is 476 g/mol. The number of carbonyl (C=O) groups is 2. The van der Waals surface area contributed by atoms with Gasteiger partial charge in [0.15, 0.2) is 6.61 Å². The van der Waals surface area contributed by atoms with Gasteiger partial charge in [-0.3, -0.25) is 4.79 Å². The van der Waals surface area contributed by atoms with E-state index in [9.17, 15) is 19.8 Å². The molecule has 2 aliphatic rings. The van der Waals surface area contributed by atoms with Gasteiger partial charge in [0.1, 0.15) is 5.75 Å². The van der Waals surface area contributed by atoms with E-state index in [0.29, 0.717) is 36.8 Å². The predicted molar refractivity (Wildman–Crippen MR) is 128 cm³/mol. The molecule has 0 amide bonds. The van der Waals surface area contributed by atoms with Crippen LogP contribution in [-0.4, -0.2) is 52.7 Å². The van der Waals surface area contributed by atoms with Crippen molar-refractivity contribution in [3.05, 3.63) is 29.3 Å². The largest absolute Gasteiger partial charge is 0.482 e. The summed E-state index contributed by atoms with van der Waals surface area (Å²) in [5, 5.41) is 29.5. The zero-order valence-electron chi connectivity index (χ0n) is 20.3. The molecule has 1 saturated carbocycles. The first-order chi connectivity index (χ1) is 16.4. The van der Waals surface area contributed by atoms with Gasteiger partial charge in [-0.1, -0.05) is 25.5 Å². The second-order valence-corrected chi connectivity index (χ2v) is 9.93. The van der Waals surface area contributed by atoms with Crippen molar-refractivity contribution in [2.75, 3.05) is 13.2 Å². The highest BCUT2D eigenvalue weighted by Crippen LogP contribution is 2.48. The average molecular weight is 477 g/mol. The minimum absolute atomic E-state index is 0.136. The Labute approximate surface area is 202 Å². The minimum Gasteiger partial charge on any atom is -0.482 e. The van der Waals surface area contributed by atoms with E-state index in [1.165, 1.54) is 5.56 Å². The van der Waals surface area contributed by atoms with Crippen LogP contribution in [-0.2, 0) is 27.2 Å². The quantitative estimate of drug-likeness (QED) is 0.276. The number of carboxylic acids is 1. The third kappa shape index (κ3) is 7.44. The third-order valence-corrected chi connectivity index (χ3v) is 7.44. The number of aliphatic hydroxyl groups is 2. The van der Waals surface area contributed by atoms with Crippen molar-refractivity contribution in [3.63, 3.8) is 0 Å². The van der Waals surface area contributed by atoms with Crippen LogP contribution in [0.4, 0.5) is 0 Å². The van der Waals surface area contributed by atoms with Crippen molar-refractivity contribution < 1.29 is 34.4 Å². The zero-order valence-corrected chi connectivity index (χ0v) is 20.3. The van der Waals surface area contributed by atoms with E-state index in [4.69, 9.17) is 14.6 Å². The Morgan fingerprint density at radius 1 is 1.15 bits per heavy atom. The molecule has 3 rings (SSSR count). The molecule has 2 aliphatic carbocycles. The maximum Gasteiger partial charge on any atom is 0.344 e. The number of benzene rings is 1. The summed E-state index contributed by atoms with van der Waals surface area (Å²) < 4.78 is 11.0. The number of hydrogen-bond acceptors (Lipinski definition) is 6. The molecular formula is C27H40O7. The lowest BCUT2D eigenvalue weighted by Crippen LogP contribution is -2.28. The summed E-state index contributed by atoms with van der Waals surface area (Å²) >= 11 is 0. The normalized spacial score (nSPS) is 24.2. The number of hydrogen-bond donors (Lipinski definition) is 3. The molecule has 7 nitrogen and oxygen atoms in total. The van der Waals surface area contributed by atoms with Crippen molar-refractivity contribution in [2.45, 2.75) is 89.8 Å². The van der Waals surface area contributed by atoms with Gasteiger partial charge in [-0.05, 0) is 92.7 Å². The van der Waals surface area contributed by atoms with E-state index < -0.39 is 11.9 Å². The van der Waals surface area contributed by atoms with E-state index in [1.807, 2.05) is 12.1 Å². The van der Waals surface area contributed by atoms with Gasteiger partial charge in [0.2, 0.25) is 0 Å². The fourth-order valence-electron chi connectivity index (χ4n) is 5.72. The molecule has 7 heteroatoms. The number of carboxylic acid groups (broad SMARTS) is 1. The maximum absolute atomic E-state index is 12.1. The molecule has 34 heavy (non-hydrogen) atoms. The fourth-order valence-corrected chi connectivity index (χ4v) is 5.72. The Kier molecular flexibility index (Phi) is 10.2. The molecule has 1 aromatic carbocycles. The molecule has 0 bridgehead atoms. The summed E-state index contributed by atoms with van der Waals surface area (Å²) in [7, 11) is 0. The van der Waals surface area contributed by atoms with Crippen LogP contribution in [0.3, 0.4) is 0 Å². The molecule has 0 spiro atoms. The molecule has 190 valence electrons. The first-order valence-electron chi connectivity index (χ1n) is 12.9. The highest BCUT2D eigenvalue weighted by atomic mass is 16.6. The molecule has 1 aromatic rings. The number of aliphatic hydroxyl groups excluding tert-OH is 2. The Morgan fingerprint density at radius 3 is 2.74 bits per heavy atom. The summed E-state index contributed by atoms with van der Waals surface area (Å²) in [5.41, 5.74) is 2.35. The number of carbonyl (C=O) groups excluding carboxylic acids is 1. The molecule has 0 radical (unpaired) electrons. The standard InChI is InChI=1S/C27H40O7/c1-2-7-20(28)11-12-21-22-14-18-8-6-9-25(23(18)15-19(22)16-24(21)29)34-17-27(32)33-13-5-3-4-10-26(30)31/h6,8-9,19-22,24,28-29H,2-5,7,10-17H2,1H3,(H,30,31)/t19-,20-,21+,22-,24+/m0/s1. The first kappa shape index (κ1) is 26.5. The number of unbranched alkanes of at least 4 members (excludes halogenated alkanes) is 2. The smallest absolute Gasteiger partial charge is 0.344 e. The number of fused-ring (bicyclic) bond motifs is 2. The van der Waals surface area contributed by atoms with Crippen LogP contribution in [0.5, 0.6) is 5.75 Å². The second-order valence-electron chi connectivity index (χ2n) is 9.93. The van der Waals surface area contributed by atoms with E-state index in [-0.39, 0.29) is 37.8 Å². The molecule has 1 fully saturated rings. The zero-order chi connectivity index (χ0) is 24.5. The molecular weight excluding hydrogens is 436 g/mol. The van der Waals surface area contributed by atoms with Crippen LogP contribution in [0.1, 0.15) is 75.8 Å². The molecule has 0 aromatic heterocycles. The Bertz CT molecular complexity index is 808. The lowest BCUT2D eigenvalue weighted by molar-refractivity contribution is -0.146. The van der Waals surface area contributed by atoms with Crippen molar-refractivity contribution in [3.8, 4) is 5.75 Å². The third-order valence-electron chi connectivity index (χ3n) is 7.44. The fraction of sp³-hybridized carbons (Fsp3) is 0.704. The topological polar surface area (TPSA) is 113 Å². The van der Waals surface area contributed by atoms with E-state index in [0.717, 1.165) is 50.5 Å². The summed E-state index contributed by atoms with van der Waals surface area (Å²) in [6.07, 6.45) is 7.34. The number of ether oxygens (including phenoxy) is 2. The van der Waals surface area contributed by atoms with Crippen LogP contribution in [0, 0.1) is 17.8 Å². The Balaban J connectivity index is 1.49. The van der Waals surface area contributed by atoms with Crippen molar-refractivity contribution in [2.24, 2.45) is 17.8 Å². The molecule has 3 N–H and O–H groups in total. The molecule has 5 atom stereocenters. The van der Waals surface area contributed by atoms with Crippen LogP contribution in [0.15, 0.2) is 18.2 Å². The van der Waals surface area contributed by atoms with Crippen LogP contribution in [0.25, 0.3) is 0 Å². The lowest BCUT2D eigenvalue weighted by atomic mass is 9.73. The van der Waals surface area contributed by atoms with Gasteiger partial charge in [0, 0.05) is 6.42 Å². The van der Waals surface area contributed by atoms with Crippen molar-refractivity contribution >= 4 is 11.9 Å². The summed E-state index contributed by atoms with van der Waals surface area (Å²) in [4.78, 5) is 22.6. The van der Waals surface area contributed by atoms with Gasteiger partial charge in [-0.25, -0.2) is 4.79 Å². The lowest BCUT2D eigenvalue weighted by Gasteiger charge is -2.32. The Hall–Kier alpha value is -2.12. The van der Waals surface area contributed by atoms with Gasteiger partial charge < -0.3 is 24.8 Å². The van der Waals surface area contributed by atoms with Crippen LogP contribution in [0.2, 0.25) is 0 Å². The second kappa shape index (κ2) is 13.1. The van der Waals surface area contributed by atoms with Gasteiger partial charge in [0.05, 0.1) is 18.8 Å². The molecule has 0 heterocycles. The van der Waals surface area contributed by atoms with Gasteiger partial charge in [-0.2, -0.15) is 0 Å². The molecule has 0 saturated heterocycles. The van der Waals surface area contributed by atoms with E-state index in [2.05, 4.69) is 13.0 Å². The van der Waals surface area contributed by atoms with Crippen LogP contribution >= 0.6 is 0 Å². The maximum atomic E-state index is 12.1. The highest BCUT2D eigenvalue weighted by molar-refractivity contribution is 5.71. The average Bonchev–Trinajstić information content (AvgIpc) is 3.10. The van der Waals surface area contributed by atoms with Gasteiger partial charge >= 0.3 is 11.9 Å². The Morgan fingerprint density at radius 2 is 1.97 bits per heavy atom. The molecule has 0 unspecified atom stereocenters. The minimum atomic E-state index is -0.809. The van der Waals surface area contributed by atoms with Crippen molar-refractivity contribution in [1.29, 1.82) is 0 Å². The highest BCUT2D eigenvalue weighted by Gasteiger charge is 2.44. The first-order valence-corrected chi connectivity index (χ1v) is 12.9. The summed E-state index contributed by atoms with van der Waals surface area (Å²) in [6.45, 7) is 2.19. The van der Waals surface area contributed by atoms with Crippen LogP contribution < -0.4 is 4.74 Å². The predicted octanol–water partition coefficient (Wildman–Crippen LogP) is 3.91. The van der Waals surface area contributed by atoms with Gasteiger partial charge in [0.25, 0.3) is 0 Å². The SMILES string of the molecule is CCC[C@H](O)CC[C@@H]1[C@H]2Cc3cccc(OCC(=O)OCCCCCC(=O)O)c3C[C@H]2C[C@H]1O. The molecule has 0 aliphatic heterocycles. The van der Waals surface area contributed by atoms with Gasteiger partial charge in [-0.15, -0.1) is 0 Å².